The predicted molar refractivity (Wildman–Crippen MR) is 137 cm³/mol. The van der Waals surface area contributed by atoms with Crippen LogP contribution in [0.25, 0.3) is 0 Å². The maximum atomic E-state index is 13.8. The lowest BCUT2D eigenvalue weighted by Gasteiger charge is -2.53. The van der Waals surface area contributed by atoms with E-state index < -0.39 is 23.3 Å². The largest absolute Gasteiger partial charge is 0.417 e. The van der Waals surface area contributed by atoms with Gasteiger partial charge in [0.05, 0.1) is 0 Å². The molecule has 2 aromatic rings. The fourth-order valence-corrected chi connectivity index (χ4v) is 6.14. The number of rotatable bonds is 7. The van der Waals surface area contributed by atoms with Crippen LogP contribution in [0.1, 0.15) is 49.3 Å². The van der Waals surface area contributed by atoms with E-state index in [2.05, 4.69) is 0 Å². The van der Waals surface area contributed by atoms with Gasteiger partial charge in [0.1, 0.15) is 5.75 Å². The molecule has 3 atom stereocenters. The summed E-state index contributed by atoms with van der Waals surface area (Å²) in [6, 6.07) is 15.4. The van der Waals surface area contributed by atoms with Gasteiger partial charge in [-0.2, -0.15) is 13.2 Å². The van der Waals surface area contributed by atoms with Crippen molar-refractivity contribution in [2.24, 2.45) is 5.92 Å². The smallest absolute Gasteiger partial charge is 0.410 e. The molecule has 1 N–H and O–H groups in total. The molecule has 1 saturated carbocycles. The standard InChI is InChI=1S/C29H37F3N2O3/c1-4-34(17-16-33(2)3)26(35)37-24-12-13-25-22(18-24)10-11-23-20-28(36,29(30,31)32)15-14-27(23,25)19-21-8-6-5-7-9-21/h5-9,12-13,18,23,36H,4,10-11,14-17,19-20H2,1-3H3/t23-,27+,28-/m1/s1. The molecule has 2 aliphatic carbocycles. The third-order valence-electron chi connectivity index (χ3n) is 8.28. The summed E-state index contributed by atoms with van der Waals surface area (Å²) in [5.74, 6) is 0.138. The summed E-state index contributed by atoms with van der Waals surface area (Å²) in [7, 11) is 3.89. The van der Waals surface area contributed by atoms with Crippen molar-refractivity contribution in [2.45, 2.75) is 62.6 Å². The predicted octanol–water partition coefficient (Wildman–Crippen LogP) is 5.59. The molecular weight excluding hydrogens is 481 g/mol. The van der Waals surface area contributed by atoms with Gasteiger partial charge in [0.2, 0.25) is 0 Å². The highest BCUT2D eigenvalue weighted by atomic mass is 19.4. The number of ether oxygens (including phenoxy) is 1. The Balaban J connectivity index is 1.63. The monoisotopic (exact) mass is 518 g/mol. The average Bonchev–Trinajstić information content (AvgIpc) is 2.84. The molecule has 0 bridgehead atoms. The van der Waals surface area contributed by atoms with E-state index in [4.69, 9.17) is 4.74 Å². The molecular formula is C29H37F3N2O3. The van der Waals surface area contributed by atoms with Crippen molar-refractivity contribution in [3.05, 3.63) is 65.2 Å². The summed E-state index contributed by atoms with van der Waals surface area (Å²) in [5, 5.41) is 10.6. The van der Waals surface area contributed by atoms with Gasteiger partial charge < -0.3 is 19.6 Å². The van der Waals surface area contributed by atoms with E-state index in [0.29, 0.717) is 38.1 Å². The lowest BCUT2D eigenvalue weighted by Crippen LogP contribution is -2.56. The second-order valence-electron chi connectivity index (χ2n) is 10.9. The number of amides is 1. The van der Waals surface area contributed by atoms with Gasteiger partial charge in [-0.1, -0.05) is 36.4 Å². The van der Waals surface area contributed by atoms with Crippen molar-refractivity contribution in [1.29, 1.82) is 0 Å². The van der Waals surface area contributed by atoms with Crippen molar-refractivity contribution in [3.8, 4) is 5.75 Å². The van der Waals surface area contributed by atoms with Gasteiger partial charge >= 0.3 is 12.3 Å². The third-order valence-corrected chi connectivity index (χ3v) is 8.28. The Hall–Kier alpha value is -2.58. The molecule has 0 unspecified atom stereocenters. The number of benzene rings is 2. The van der Waals surface area contributed by atoms with Gasteiger partial charge in [-0.25, -0.2) is 4.79 Å². The van der Waals surface area contributed by atoms with E-state index in [9.17, 15) is 23.1 Å². The Kier molecular flexibility index (Phi) is 7.91. The van der Waals surface area contributed by atoms with E-state index in [0.717, 1.165) is 23.2 Å². The number of likely N-dealkylation sites (N-methyl/N-ethyl adjacent to an activating group) is 2. The molecule has 2 aliphatic rings. The summed E-state index contributed by atoms with van der Waals surface area (Å²) in [6.45, 7) is 3.71. The van der Waals surface area contributed by atoms with Crippen molar-refractivity contribution >= 4 is 6.09 Å². The fourth-order valence-electron chi connectivity index (χ4n) is 6.14. The van der Waals surface area contributed by atoms with Gasteiger partial charge in [-0.05, 0) is 94.3 Å². The number of halogens is 3. The van der Waals surface area contributed by atoms with Gasteiger partial charge in [0.25, 0.3) is 0 Å². The molecule has 37 heavy (non-hydrogen) atoms. The molecule has 0 saturated heterocycles. The zero-order valence-corrected chi connectivity index (χ0v) is 21.9. The first-order valence-corrected chi connectivity index (χ1v) is 13.1. The van der Waals surface area contributed by atoms with Gasteiger partial charge in [0, 0.05) is 25.0 Å². The molecule has 5 nitrogen and oxygen atoms in total. The lowest BCUT2D eigenvalue weighted by molar-refractivity contribution is -0.279. The van der Waals surface area contributed by atoms with E-state index in [-0.39, 0.29) is 25.2 Å². The molecule has 1 amide bonds. The average molecular weight is 519 g/mol. The number of hydrogen-bond donors (Lipinski definition) is 1. The molecule has 0 aromatic heterocycles. The van der Waals surface area contributed by atoms with E-state index >= 15 is 0 Å². The molecule has 4 rings (SSSR count). The SMILES string of the molecule is CCN(CCN(C)C)C(=O)Oc1ccc2c(c1)CC[C@@H]1C[C@@](O)(C(F)(F)F)CC[C@@]21Cc1ccccc1. The van der Waals surface area contributed by atoms with Gasteiger partial charge in [-0.3, -0.25) is 0 Å². The van der Waals surface area contributed by atoms with Crippen LogP contribution in [0.3, 0.4) is 0 Å². The number of carbonyl (C=O) groups excluding carboxylic acids is 1. The highest BCUT2D eigenvalue weighted by Crippen LogP contribution is 2.57. The van der Waals surface area contributed by atoms with Crippen LogP contribution < -0.4 is 4.74 Å². The number of aliphatic hydroxyl groups is 1. The van der Waals surface area contributed by atoms with Crippen molar-refractivity contribution in [2.75, 3.05) is 33.7 Å². The maximum absolute atomic E-state index is 13.8. The Labute approximate surface area is 217 Å². The second-order valence-corrected chi connectivity index (χ2v) is 10.9. The first kappa shape index (κ1) is 27.5. The van der Waals surface area contributed by atoms with Crippen LogP contribution in [0.4, 0.5) is 18.0 Å². The van der Waals surface area contributed by atoms with Crippen molar-refractivity contribution in [3.63, 3.8) is 0 Å². The van der Waals surface area contributed by atoms with Crippen LogP contribution in [0.15, 0.2) is 48.5 Å². The van der Waals surface area contributed by atoms with Gasteiger partial charge in [0.15, 0.2) is 5.60 Å². The number of fused-ring (bicyclic) bond motifs is 3. The molecule has 0 radical (unpaired) electrons. The zero-order valence-electron chi connectivity index (χ0n) is 21.9. The van der Waals surface area contributed by atoms with E-state index in [1.165, 1.54) is 0 Å². The topological polar surface area (TPSA) is 53.0 Å². The number of aryl methyl sites for hydroxylation is 1. The lowest BCUT2D eigenvalue weighted by atomic mass is 9.52. The quantitative estimate of drug-likeness (QED) is 0.519. The highest BCUT2D eigenvalue weighted by molar-refractivity contribution is 5.71. The number of hydrogen-bond acceptors (Lipinski definition) is 4. The minimum absolute atomic E-state index is 0.239. The first-order chi connectivity index (χ1) is 17.5. The Morgan fingerprint density at radius 3 is 2.49 bits per heavy atom. The van der Waals surface area contributed by atoms with Crippen LogP contribution >= 0.6 is 0 Å². The molecule has 0 aliphatic heterocycles. The summed E-state index contributed by atoms with van der Waals surface area (Å²) >= 11 is 0. The maximum Gasteiger partial charge on any atom is 0.417 e. The number of carbonyl (C=O) groups is 1. The molecule has 0 spiro atoms. The number of alkyl halides is 3. The minimum Gasteiger partial charge on any atom is -0.410 e. The molecule has 202 valence electrons. The summed E-state index contributed by atoms with van der Waals surface area (Å²) in [5.41, 5.74) is -0.0902. The molecule has 0 heterocycles. The van der Waals surface area contributed by atoms with E-state index in [1.54, 1.807) is 11.0 Å². The summed E-state index contributed by atoms with van der Waals surface area (Å²) in [4.78, 5) is 16.4. The fraction of sp³-hybridized carbons (Fsp3) is 0.552. The number of nitrogens with zero attached hydrogens (tertiary/aromatic N) is 2. The second kappa shape index (κ2) is 10.7. The Morgan fingerprint density at radius 2 is 1.84 bits per heavy atom. The van der Waals surface area contributed by atoms with Crippen LogP contribution in [0.5, 0.6) is 5.75 Å². The normalized spacial score (nSPS) is 25.4. The van der Waals surface area contributed by atoms with Crippen LogP contribution in [-0.4, -0.2) is 66.5 Å². The van der Waals surface area contributed by atoms with Crippen LogP contribution in [0.2, 0.25) is 0 Å². The highest BCUT2D eigenvalue weighted by Gasteiger charge is 2.61. The van der Waals surface area contributed by atoms with Crippen molar-refractivity contribution in [1.82, 2.24) is 9.80 Å². The van der Waals surface area contributed by atoms with E-state index in [1.807, 2.05) is 68.4 Å². The Morgan fingerprint density at radius 1 is 1.11 bits per heavy atom. The zero-order chi connectivity index (χ0) is 26.8. The first-order valence-electron chi connectivity index (χ1n) is 13.1. The van der Waals surface area contributed by atoms with Gasteiger partial charge in [-0.15, -0.1) is 0 Å². The van der Waals surface area contributed by atoms with Crippen molar-refractivity contribution < 1.29 is 27.8 Å². The van der Waals surface area contributed by atoms with Crippen LogP contribution in [0, 0.1) is 5.92 Å². The molecule has 1 fully saturated rings. The molecule has 2 aromatic carbocycles. The van der Waals surface area contributed by atoms with Crippen LogP contribution in [-0.2, 0) is 18.3 Å². The third kappa shape index (κ3) is 5.65. The summed E-state index contributed by atoms with van der Waals surface area (Å²) < 4.78 is 47.1. The minimum atomic E-state index is -4.65. The Bertz CT molecular complexity index is 1090. The molecule has 8 heteroatoms. The summed E-state index contributed by atoms with van der Waals surface area (Å²) in [6.07, 6.45) is -3.72.